The summed E-state index contributed by atoms with van der Waals surface area (Å²) in [6.07, 6.45) is 5.43. The highest BCUT2D eigenvalue weighted by atomic mass is 32.1. The molecule has 0 aromatic heterocycles. The van der Waals surface area contributed by atoms with Crippen molar-refractivity contribution in [3.8, 4) is 0 Å². The van der Waals surface area contributed by atoms with E-state index in [9.17, 15) is 4.79 Å². The lowest BCUT2D eigenvalue weighted by atomic mass is 9.75. The summed E-state index contributed by atoms with van der Waals surface area (Å²) < 4.78 is 0. The van der Waals surface area contributed by atoms with Gasteiger partial charge in [0.05, 0.1) is 0 Å². The molecule has 0 aromatic carbocycles. The molecule has 2 atom stereocenters. The number of amides is 1. The van der Waals surface area contributed by atoms with Crippen molar-refractivity contribution in [2.45, 2.75) is 51.5 Å². The van der Waals surface area contributed by atoms with Crippen LogP contribution in [0.15, 0.2) is 0 Å². The lowest BCUT2D eigenvalue weighted by Crippen LogP contribution is -2.52. The van der Waals surface area contributed by atoms with Crippen LogP contribution in [-0.2, 0) is 4.79 Å². The lowest BCUT2D eigenvalue weighted by Gasteiger charge is -2.40. The van der Waals surface area contributed by atoms with Gasteiger partial charge >= 0.3 is 0 Å². The van der Waals surface area contributed by atoms with E-state index in [1.165, 1.54) is 19.3 Å². The molecule has 1 saturated carbocycles. The third-order valence-corrected chi connectivity index (χ3v) is 3.66. The number of rotatable bonds is 3. The van der Waals surface area contributed by atoms with Crippen LogP contribution in [0.4, 0.5) is 0 Å². The summed E-state index contributed by atoms with van der Waals surface area (Å²) in [4.78, 5) is 11.5. The zero-order chi connectivity index (χ0) is 10.6. The van der Waals surface area contributed by atoms with Gasteiger partial charge in [0.1, 0.15) is 0 Å². The van der Waals surface area contributed by atoms with Crippen molar-refractivity contribution in [2.75, 3.05) is 5.75 Å². The summed E-state index contributed by atoms with van der Waals surface area (Å²) in [6.45, 7) is 4.41. The molecule has 0 aliphatic heterocycles. The summed E-state index contributed by atoms with van der Waals surface area (Å²) >= 11 is 4.07. The highest BCUT2D eigenvalue weighted by Crippen LogP contribution is 2.33. The molecule has 1 fully saturated rings. The Morgan fingerprint density at radius 2 is 2.29 bits per heavy atom. The van der Waals surface area contributed by atoms with E-state index in [0.29, 0.717) is 18.1 Å². The number of carbonyl (C=O) groups is 1. The maximum atomic E-state index is 11.5. The second-order valence-corrected chi connectivity index (χ2v) is 5.03. The molecule has 1 N–H and O–H groups in total. The minimum atomic E-state index is 0.0261. The normalized spacial score (nSPS) is 32.6. The number of hydrogen-bond acceptors (Lipinski definition) is 2. The molecular weight excluding hydrogens is 194 g/mol. The second kappa shape index (κ2) is 5.06. The van der Waals surface area contributed by atoms with E-state index in [0.717, 1.165) is 6.42 Å². The largest absolute Gasteiger partial charge is 0.351 e. The zero-order valence-electron chi connectivity index (χ0n) is 9.18. The van der Waals surface area contributed by atoms with Crippen LogP contribution in [0.5, 0.6) is 0 Å². The third-order valence-electron chi connectivity index (χ3n) is 3.43. The van der Waals surface area contributed by atoms with Crippen molar-refractivity contribution in [3.63, 3.8) is 0 Å². The first-order valence-electron chi connectivity index (χ1n) is 5.50. The van der Waals surface area contributed by atoms with Crippen LogP contribution in [0.1, 0.15) is 46.0 Å². The average molecular weight is 215 g/mol. The van der Waals surface area contributed by atoms with E-state index < -0.39 is 0 Å². The van der Waals surface area contributed by atoms with Gasteiger partial charge in [-0.15, -0.1) is 0 Å². The van der Waals surface area contributed by atoms with E-state index in [2.05, 4.69) is 31.8 Å². The van der Waals surface area contributed by atoms with Crippen LogP contribution in [0.3, 0.4) is 0 Å². The van der Waals surface area contributed by atoms with E-state index in [1.807, 2.05) is 0 Å². The minimum absolute atomic E-state index is 0.0261. The van der Waals surface area contributed by atoms with Crippen LogP contribution in [0, 0.1) is 5.92 Å². The average Bonchev–Trinajstić information content (AvgIpc) is 2.10. The van der Waals surface area contributed by atoms with E-state index in [-0.39, 0.29) is 11.4 Å². The number of carbonyl (C=O) groups excluding carboxylic acids is 1. The van der Waals surface area contributed by atoms with Gasteiger partial charge in [0, 0.05) is 12.0 Å². The number of nitrogens with one attached hydrogen (secondary N) is 1. The summed E-state index contributed by atoms with van der Waals surface area (Å²) in [5.41, 5.74) is 0.0261. The van der Waals surface area contributed by atoms with Crippen LogP contribution in [0.25, 0.3) is 0 Å². The Balaban J connectivity index is 2.50. The van der Waals surface area contributed by atoms with E-state index in [4.69, 9.17) is 0 Å². The first kappa shape index (κ1) is 11.9. The Morgan fingerprint density at radius 3 is 2.86 bits per heavy atom. The molecule has 2 unspecified atom stereocenters. The molecule has 3 heteroatoms. The number of thiol groups is 1. The van der Waals surface area contributed by atoms with Gasteiger partial charge in [0.25, 0.3) is 0 Å². The van der Waals surface area contributed by atoms with Gasteiger partial charge < -0.3 is 5.32 Å². The molecular formula is C11H21NOS. The van der Waals surface area contributed by atoms with Gasteiger partial charge in [-0.3, -0.25) is 4.79 Å². The molecule has 0 spiro atoms. The summed E-state index contributed by atoms with van der Waals surface area (Å²) in [7, 11) is 0. The summed E-state index contributed by atoms with van der Waals surface area (Å²) in [5, 5.41) is 3.16. The standard InChI is InChI=1S/C11H21NOS/c1-9-5-3-4-7-11(9,2)12-10(13)6-8-14/h9,14H,3-8H2,1-2H3,(H,12,13). The SMILES string of the molecule is CC1CCCCC1(C)NC(=O)CCS. The molecule has 1 rings (SSSR count). The van der Waals surface area contributed by atoms with Crippen LogP contribution in [0.2, 0.25) is 0 Å². The smallest absolute Gasteiger partial charge is 0.221 e. The van der Waals surface area contributed by atoms with Gasteiger partial charge in [-0.05, 0) is 31.4 Å². The highest BCUT2D eigenvalue weighted by molar-refractivity contribution is 7.80. The third kappa shape index (κ3) is 2.91. The van der Waals surface area contributed by atoms with Crippen molar-refractivity contribution in [1.82, 2.24) is 5.32 Å². The summed E-state index contributed by atoms with van der Waals surface area (Å²) in [5.74, 6) is 1.38. The summed E-state index contributed by atoms with van der Waals surface area (Å²) in [6, 6.07) is 0. The lowest BCUT2D eigenvalue weighted by molar-refractivity contribution is -0.123. The van der Waals surface area contributed by atoms with Crippen molar-refractivity contribution < 1.29 is 4.79 Å². The van der Waals surface area contributed by atoms with E-state index >= 15 is 0 Å². The monoisotopic (exact) mass is 215 g/mol. The first-order valence-corrected chi connectivity index (χ1v) is 6.13. The minimum Gasteiger partial charge on any atom is -0.351 e. The van der Waals surface area contributed by atoms with Gasteiger partial charge in [0.15, 0.2) is 0 Å². The van der Waals surface area contributed by atoms with Crippen LogP contribution < -0.4 is 5.32 Å². The van der Waals surface area contributed by atoms with Crippen molar-refractivity contribution >= 4 is 18.5 Å². The molecule has 0 heterocycles. The quantitative estimate of drug-likeness (QED) is 0.695. The highest BCUT2D eigenvalue weighted by Gasteiger charge is 2.34. The molecule has 1 amide bonds. The number of hydrogen-bond donors (Lipinski definition) is 2. The predicted octanol–water partition coefficient (Wildman–Crippen LogP) is 2.39. The van der Waals surface area contributed by atoms with Gasteiger partial charge in [-0.1, -0.05) is 19.8 Å². The van der Waals surface area contributed by atoms with Crippen molar-refractivity contribution in [3.05, 3.63) is 0 Å². The molecule has 0 radical (unpaired) electrons. The molecule has 0 aromatic rings. The fraction of sp³-hybridized carbons (Fsp3) is 0.909. The topological polar surface area (TPSA) is 29.1 Å². The van der Waals surface area contributed by atoms with Gasteiger partial charge in [-0.2, -0.15) is 12.6 Å². The second-order valence-electron chi connectivity index (χ2n) is 4.59. The molecule has 82 valence electrons. The fourth-order valence-electron chi connectivity index (χ4n) is 2.18. The Morgan fingerprint density at radius 1 is 1.57 bits per heavy atom. The van der Waals surface area contributed by atoms with Gasteiger partial charge in [0.2, 0.25) is 5.91 Å². The molecule has 0 bridgehead atoms. The fourth-order valence-corrected chi connectivity index (χ4v) is 2.38. The Bertz CT molecular complexity index is 207. The van der Waals surface area contributed by atoms with E-state index in [1.54, 1.807) is 0 Å². The van der Waals surface area contributed by atoms with Crippen molar-refractivity contribution in [2.24, 2.45) is 5.92 Å². The van der Waals surface area contributed by atoms with Crippen LogP contribution >= 0.6 is 12.6 Å². The molecule has 0 saturated heterocycles. The molecule has 14 heavy (non-hydrogen) atoms. The molecule has 2 nitrogen and oxygen atoms in total. The Kier molecular flexibility index (Phi) is 4.30. The van der Waals surface area contributed by atoms with Gasteiger partial charge in [-0.25, -0.2) is 0 Å². The van der Waals surface area contributed by atoms with Crippen molar-refractivity contribution in [1.29, 1.82) is 0 Å². The maximum Gasteiger partial charge on any atom is 0.221 e. The molecule has 1 aliphatic rings. The molecule has 1 aliphatic carbocycles. The maximum absolute atomic E-state index is 11.5. The Labute approximate surface area is 92.2 Å². The van der Waals surface area contributed by atoms with Crippen LogP contribution in [-0.4, -0.2) is 17.2 Å². The zero-order valence-corrected chi connectivity index (χ0v) is 10.1. The predicted molar refractivity (Wildman–Crippen MR) is 62.6 cm³/mol. The first-order chi connectivity index (χ1) is 6.58. The Hall–Kier alpha value is -0.180.